The number of hydrogen-bond acceptors (Lipinski definition) is 1. The lowest BCUT2D eigenvalue weighted by atomic mass is 10.2. The van der Waals surface area contributed by atoms with Gasteiger partial charge in [0, 0.05) is 10.6 Å². The smallest absolute Gasteiger partial charge is 0.127 e. The quantitative estimate of drug-likeness (QED) is 0.781. The maximum Gasteiger partial charge on any atom is 0.127 e. The topological polar surface area (TPSA) is 9.23 Å². The Morgan fingerprint density at radius 2 is 2.15 bits per heavy atom. The van der Waals surface area contributed by atoms with Crippen LogP contribution in [-0.4, -0.2) is 7.11 Å². The van der Waals surface area contributed by atoms with Crippen LogP contribution in [0.1, 0.15) is 5.56 Å². The van der Waals surface area contributed by atoms with Crippen molar-refractivity contribution >= 4 is 49.5 Å². The number of halogens is 3. The summed E-state index contributed by atoms with van der Waals surface area (Å²) in [7, 11) is 1.62. The van der Waals surface area contributed by atoms with Gasteiger partial charge in [-0.2, -0.15) is 0 Å². The van der Waals surface area contributed by atoms with E-state index in [0.717, 1.165) is 14.7 Å². The van der Waals surface area contributed by atoms with Crippen molar-refractivity contribution in [3.63, 3.8) is 0 Å². The summed E-state index contributed by atoms with van der Waals surface area (Å²) in [6, 6.07) is 5.48. The second-order valence-electron chi connectivity index (χ2n) is 2.32. The molecular formula is C9H7Br2ClO. The van der Waals surface area contributed by atoms with Crippen LogP contribution in [0.5, 0.6) is 5.75 Å². The second kappa shape index (κ2) is 5.03. The molecule has 0 saturated carbocycles. The zero-order valence-corrected chi connectivity index (χ0v) is 10.8. The molecule has 0 N–H and O–H groups in total. The Labute approximate surface area is 99.0 Å². The van der Waals surface area contributed by atoms with Gasteiger partial charge in [0.25, 0.3) is 0 Å². The molecule has 0 saturated heterocycles. The van der Waals surface area contributed by atoms with Crippen molar-refractivity contribution in [2.45, 2.75) is 0 Å². The van der Waals surface area contributed by atoms with E-state index in [0.29, 0.717) is 5.02 Å². The lowest BCUT2D eigenvalue weighted by Crippen LogP contribution is -1.86. The van der Waals surface area contributed by atoms with Crippen molar-refractivity contribution in [3.8, 4) is 5.75 Å². The van der Waals surface area contributed by atoms with Crippen LogP contribution in [0.15, 0.2) is 21.6 Å². The Balaban J connectivity index is 3.14. The van der Waals surface area contributed by atoms with Crippen LogP contribution < -0.4 is 4.74 Å². The third-order valence-corrected chi connectivity index (χ3v) is 2.15. The van der Waals surface area contributed by atoms with E-state index in [2.05, 4.69) is 31.9 Å². The second-order valence-corrected chi connectivity index (χ2v) is 5.53. The van der Waals surface area contributed by atoms with Gasteiger partial charge in [-0.1, -0.05) is 11.6 Å². The number of methoxy groups -OCH3 is 1. The van der Waals surface area contributed by atoms with E-state index in [-0.39, 0.29) is 0 Å². The molecule has 0 heterocycles. The van der Waals surface area contributed by atoms with Crippen LogP contribution in [0.3, 0.4) is 0 Å². The monoisotopic (exact) mass is 324 g/mol. The summed E-state index contributed by atoms with van der Waals surface area (Å²) >= 11 is 12.4. The van der Waals surface area contributed by atoms with Crippen LogP contribution in [-0.2, 0) is 0 Å². The first-order valence-corrected chi connectivity index (χ1v) is 5.46. The fourth-order valence-electron chi connectivity index (χ4n) is 0.922. The minimum absolute atomic E-state index is 0.666. The highest BCUT2D eigenvalue weighted by atomic mass is 79.9. The Hall–Kier alpha value is 0.01000. The van der Waals surface area contributed by atoms with Crippen LogP contribution >= 0.6 is 43.5 Å². The van der Waals surface area contributed by atoms with Crippen LogP contribution in [0.2, 0.25) is 5.02 Å². The number of rotatable bonds is 2. The molecule has 0 atom stereocenters. The molecule has 0 spiro atoms. The van der Waals surface area contributed by atoms with Gasteiger partial charge in [-0.05, 0) is 56.1 Å². The predicted octanol–water partition coefficient (Wildman–Crippen LogP) is 4.44. The molecule has 1 aromatic carbocycles. The molecule has 4 heteroatoms. The molecule has 0 bridgehead atoms. The maximum absolute atomic E-state index is 5.81. The van der Waals surface area contributed by atoms with Gasteiger partial charge >= 0.3 is 0 Å². The third-order valence-electron chi connectivity index (χ3n) is 1.46. The van der Waals surface area contributed by atoms with Crippen molar-refractivity contribution in [2.75, 3.05) is 7.11 Å². The van der Waals surface area contributed by atoms with Crippen molar-refractivity contribution in [2.24, 2.45) is 0 Å². The summed E-state index contributed by atoms with van der Waals surface area (Å²) < 4.78 is 6.02. The van der Waals surface area contributed by atoms with Crippen molar-refractivity contribution in [3.05, 3.63) is 32.2 Å². The lowest BCUT2D eigenvalue weighted by Gasteiger charge is -2.04. The Bertz CT molecular complexity index is 332. The molecule has 0 amide bonds. The highest BCUT2D eigenvalue weighted by Crippen LogP contribution is 2.27. The van der Waals surface area contributed by atoms with Crippen LogP contribution in [0.4, 0.5) is 0 Å². The van der Waals surface area contributed by atoms with Gasteiger partial charge in [0.15, 0.2) is 0 Å². The molecule has 70 valence electrons. The van der Waals surface area contributed by atoms with Gasteiger partial charge in [-0.3, -0.25) is 0 Å². The standard InChI is InChI=1S/C9H7Br2ClO/c1-13-8-5-7(12)3-2-6(8)4-9(10)11/h2-5H,1H3. The highest BCUT2D eigenvalue weighted by Gasteiger charge is 2.00. The highest BCUT2D eigenvalue weighted by molar-refractivity contribution is 9.28. The van der Waals surface area contributed by atoms with Gasteiger partial charge < -0.3 is 4.74 Å². The van der Waals surface area contributed by atoms with E-state index in [1.54, 1.807) is 13.2 Å². The third kappa shape index (κ3) is 3.33. The average molecular weight is 326 g/mol. The molecule has 0 aromatic heterocycles. The van der Waals surface area contributed by atoms with Gasteiger partial charge in [0.05, 0.1) is 10.5 Å². The van der Waals surface area contributed by atoms with E-state index in [1.807, 2.05) is 18.2 Å². The molecule has 1 aromatic rings. The van der Waals surface area contributed by atoms with Gasteiger partial charge in [-0.25, -0.2) is 0 Å². The summed E-state index contributed by atoms with van der Waals surface area (Å²) in [5, 5.41) is 0.666. The number of ether oxygens (including phenoxy) is 1. The molecule has 0 aliphatic heterocycles. The molecule has 0 fully saturated rings. The fourth-order valence-corrected chi connectivity index (χ4v) is 1.58. The van der Waals surface area contributed by atoms with E-state index in [9.17, 15) is 0 Å². The SMILES string of the molecule is COc1cc(Cl)ccc1C=C(Br)Br. The zero-order chi connectivity index (χ0) is 9.84. The zero-order valence-electron chi connectivity index (χ0n) is 6.85. The van der Waals surface area contributed by atoms with Crippen molar-refractivity contribution < 1.29 is 4.74 Å². The first-order valence-electron chi connectivity index (χ1n) is 3.49. The van der Waals surface area contributed by atoms with E-state index in [1.165, 1.54) is 0 Å². The van der Waals surface area contributed by atoms with Gasteiger partial charge in [0.1, 0.15) is 5.75 Å². The molecule has 0 aliphatic carbocycles. The summed E-state index contributed by atoms with van der Waals surface area (Å²) in [6.45, 7) is 0. The number of benzene rings is 1. The average Bonchev–Trinajstić information content (AvgIpc) is 2.07. The maximum atomic E-state index is 5.81. The Kier molecular flexibility index (Phi) is 4.29. The molecule has 0 unspecified atom stereocenters. The predicted molar refractivity (Wildman–Crippen MR) is 63.8 cm³/mol. The molecule has 0 radical (unpaired) electrons. The summed E-state index contributed by atoms with van der Waals surface area (Å²) in [5.74, 6) is 0.754. The summed E-state index contributed by atoms with van der Waals surface area (Å²) in [4.78, 5) is 0. The molecular weight excluding hydrogens is 319 g/mol. The van der Waals surface area contributed by atoms with E-state index in [4.69, 9.17) is 16.3 Å². The fraction of sp³-hybridized carbons (Fsp3) is 0.111. The summed E-state index contributed by atoms with van der Waals surface area (Å²) in [5.41, 5.74) is 0.968. The van der Waals surface area contributed by atoms with Gasteiger partial charge in [-0.15, -0.1) is 0 Å². The minimum atomic E-state index is 0.666. The first kappa shape index (κ1) is 11.1. The van der Waals surface area contributed by atoms with Crippen LogP contribution in [0, 0.1) is 0 Å². The molecule has 1 rings (SSSR count). The first-order chi connectivity index (χ1) is 6.13. The molecule has 13 heavy (non-hydrogen) atoms. The lowest BCUT2D eigenvalue weighted by molar-refractivity contribution is 0.414. The molecule has 0 aliphatic rings. The molecule has 1 nitrogen and oxygen atoms in total. The largest absolute Gasteiger partial charge is 0.496 e. The Morgan fingerprint density at radius 3 is 2.69 bits per heavy atom. The van der Waals surface area contributed by atoms with E-state index >= 15 is 0 Å². The summed E-state index contributed by atoms with van der Waals surface area (Å²) in [6.07, 6.45) is 1.90. The Morgan fingerprint density at radius 1 is 1.46 bits per heavy atom. The van der Waals surface area contributed by atoms with E-state index < -0.39 is 0 Å². The van der Waals surface area contributed by atoms with Crippen molar-refractivity contribution in [1.82, 2.24) is 0 Å². The van der Waals surface area contributed by atoms with Crippen molar-refractivity contribution in [1.29, 1.82) is 0 Å². The number of hydrogen-bond donors (Lipinski definition) is 0. The normalized spacial score (nSPS) is 9.54. The minimum Gasteiger partial charge on any atom is -0.496 e. The van der Waals surface area contributed by atoms with Gasteiger partial charge in [0.2, 0.25) is 0 Å². The van der Waals surface area contributed by atoms with Crippen LogP contribution in [0.25, 0.3) is 6.08 Å².